The number of piperidine rings is 1. The smallest absolute Gasteiger partial charge is 0.148 e. The van der Waals surface area contributed by atoms with Gasteiger partial charge in [-0.15, -0.1) is 0 Å². The minimum atomic E-state index is 0.359. The zero-order valence-electron chi connectivity index (χ0n) is 11.8. The van der Waals surface area contributed by atoms with Crippen LogP contribution < -0.4 is 16.6 Å². The molecule has 1 atom stereocenters. The van der Waals surface area contributed by atoms with Gasteiger partial charge in [0.05, 0.1) is 0 Å². The SMILES string of the molecule is Cc1c(NN)ncnc1NC(C)CN1CCCCC1. The van der Waals surface area contributed by atoms with Crippen molar-refractivity contribution in [1.29, 1.82) is 0 Å². The highest BCUT2D eigenvalue weighted by Crippen LogP contribution is 2.18. The highest BCUT2D eigenvalue weighted by molar-refractivity contribution is 5.56. The van der Waals surface area contributed by atoms with E-state index < -0.39 is 0 Å². The van der Waals surface area contributed by atoms with E-state index in [0.717, 1.165) is 17.9 Å². The predicted octanol–water partition coefficient (Wildman–Crippen LogP) is 1.36. The lowest BCUT2D eigenvalue weighted by Crippen LogP contribution is -2.38. The highest BCUT2D eigenvalue weighted by atomic mass is 15.3. The number of likely N-dealkylation sites (tertiary alicyclic amines) is 1. The third kappa shape index (κ3) is 3.78. The van der Waals surface area contributed by atoms with Crippen molar-refractivity contribution in [3.05, 3.63) is 11.9 Å². The lowest BCUT2D eigenvalue weighted by Gasteiger charge is -2.29. The van der Waals surface area contributed by atoms with Crippen molar-refractivity contribution in [3.8, 4) is 0 Å². The molecule has 1 saturated heterocycles. The molecule has 1 fully saturated rings. The van der Waals surface area contributed by atoms with Crippen molar-refractivity contribution in [3.63, 3.8) is 0 Å². The van der Waals surface area contributed by atoms with Crippen molar-refractivity contribution in [1.82, 2.24) is 14.9 Å². The van der Waals surface area contributed by atoms with E-state index in [9.17, 15) is 0 Å². The molecular formula is C13H24N6. The number of rotatable bonds is 5. The second-order valence-corrected chi connectivity index (χ2v) is 5.25. The third-order valence-electron chi connectivity index (χ3n) is 3.58. The lowest BCUT2D eigenvalue weighted by molar-refractivity contribution is 0.223. The molecule has 19 heavy (non-hydrogen) atoms. The second kappa shape index (κ2) is 6.68. The molecule has 1 aliphatic heterocycles. The minimum absolute atomic E-state index is 0.359. The third-order valence-corrected chi connectivity index (χ3v) is 3.58. The molecule has 4 N–H and O–H groups in total. The first-order chi connectivity index (χ1) is 9.20. The Kier molecular flexibility index (Phi) is 4.93. The average molecular weight is 264 g/mol. The van der Waals surface area contributed by atoms with E-state index in [-0.39, 0.29) is 0 Å². The normalized spacial score (nSPS) is 18.1. The van der Waals surface area contributed by atoms with Crippen LogP contribution in [0.2, 0.25) is 0 Å². The second-order valence-electron chi connectivity index (χ2n) is 5.25. The molecule has 0 amide bonds. The molecule has 6 nitrogen and oxygen atoms in total. The largest absolute Gasteiger partial charge is 0.366 e. The van der Waals surface area contributed by atoms with Crippen LogP contribution in [0.5, 0.6) is 0 Å². The zero-order valence-corrected chi connectivity index (χ0v) is 11.8. The average Bonchev–Trinajstić information content (AvgIpc) is 2.42. The van der Waals surface area contributed by atoms with Crippen molar-refractivity contribution in [2.24, 2.45) is 5.84 Å². The zero-order chi connectivity index (χ0) is 13.7. The molecule has 2 rings (SSSR count). The van der Waals surface area contributed by atoms with Crippen molar-refractivity contribution >= 4 is 11.6 Å². The summed E-state index contributed by atoms with van der Waals surface area (Å²) < 4.78 is 0. The first-order valence-corrected chi connectivity index (χ1v) is 6.98. The summed E-state index contributed by atoms with van der Waals surface area (Å²) in [7, 11) is 0. The first kappa shape index (κ1) is 14.0. The number of nitrogens with two attached hydrogens (primary N) is 1. The summed E-state index contributed by atoms with van der Waals surface area (Å²) in [5.74, 6) is 6.95. The van der Waals surface area contributed by atoms with Gasteiger partial charge in [0, 0.05) is 18.2 Å². The van der Waals surface area contributed by atoms with Gasteiger partial charge < -0.3 is 15.6 Å². The molecular weight excluding hydrogens is 240 g/mol. The Bertz CT molecular complexity index is 402. The van der Waals surface area contributed by atoms with E-state index >= 15 is 0 Å². The van der Waals surface area contributed by atoms with Crippen LogP contribution in [-0.4, -0.2) is 40.5 Å². The molecule has 2 heterocycles. The molecule has 0 bridgehead atoms. The Labute approximate surface area is 114 Å². The number of nitrogens with zero attached hydrogens (tertiary/aromatic N) is 3. The van der Waals surface area contributed by atoms with Gasteiger partial charge in [-0.1, -0.05) is 6.42 Å². The van der Waals surface area contributed by atoms with Crippen LogP contribution in [-0.2, 0) is 0 Å². The fraction of sp³-hybridized carbons (Fsp3) is 0.692. The topological polar surface area (TPSA) is 79.1 Å². The van der Waals surface area contributed by atoms with Gasteiger partial charge in [-0.05, 0) is 39.8 Å². The van der Waals surface area contributed by atoms with E-state index in [1.165, 1.54) is 38.7 Å². The summed E-state index contributed by atoms with van der Waals surface area (Å²) in [6, 6.07) is 0.359. The number of anilines is 2. The molecule has 106 valence electrons. The van der Waals surface area contributed by atoms with E-state index in [2.05, 4.69) is 32.5 Å². The summed E-state index contributed by atoms with van der Waals surface area (Å²) >= 11 is 0. The van der Waals surface area contributed by atoms with E-state index in [1.807, 2.05) is 6.92 Å². The van der Waals surface area contributed by atoms with Crippen LogP contribution in [0.1, 0.15) is 31.7 Å². The number of aromatic nitrogens is 2. The molecule has 0 saturated carbocycles. The number of nitrogens with one attached hydrogen (secondary N) is 2. The Balaban J connectivity index is 1.92. The van der Waals surface area contributed by atoms with Crippen LogP contribution in [0, 0.1) is 6.92 Å². The molecule has 1 unspecified atom stereocenters. The number of hydrogen-bond acceptors (Lipinski definition) is 6. The summed E-state index contributed by atoms with van der Waals surface area (Å²) in [6.07, 6.45) is 5.54. The van der Waals surface area contributed by atoms with E-state index in [1.54, 1.807) is 0 Å². The fourth-order valence-electron chi connectivity index (χ4n) is 2.55. The Hall–Kier alpha value is -1.40. The number of hydrazine groups is 1. The molecule has 0 aliphatic carbocycles. The Morgan fingerprint density at radius 1 is 1.26 bits per heavy atom. The van der Waals surface area contributed by atoms with Gasteiger partial charge in [0.25, 0.3) is 0 Å². The Morgan fingerprint density at radius 2 is 1.95 bits per heavy atom. The molecule has 0 spiro atoms. The van der Waals surface area contributed by atoms with Crippen LogP contribution >= 0.6 is 0 Å². The van der Waals surface area contributed by atoms with Gasteiger partial charge in [-0.25, -0.2) is 15.8 Å². The monoisotopic (exact) mass is 264 g/mol. The molecule has 0 aromatic carbocycles. The summed E-state index contributed by atoms with van der Waals surface area (Å²) in [5.41, 5.74) is 3.54. The summed E-state index contributed by atoms with van der Waals surface area (Å²) in [5, 5.41) is 3.44. The fourth-order valence-corrected chi connectivity index (χ4v) is 2.55. The van der Waals surface area contributed by atoms with Crippen LogP contribution in [0.3, 0.4) is 0 Å². The quantitative estimate of drug-likeness (QED) is 0.550. The lowest BCUT2D eigenvalue weighted by atomic mass is 10.1. The van der Waals surface area contributed by atoms with Crippen LogP contribution in [0.15, 0.2) is 6.33 Å². The molecule has 1 aromatic heterocycles. The number of nitrogen functional groups attached to an aromatic ring is 1. The molecule has 6 heteroatoms. The van der Waals surface area contributed by atoms with Crippen molar-refractivity contribution in [2.75, 3.05) is 30.4 Å². The van der Waals surface area contributed by atoms with Gasteiger partial charge in [0.2, 0.25) is 0 Å². The maximum Gasteiger partial charge on any atom is 0.148 e. The van der Waals surface area contributed by atoms with Crippen LogP contribution in [0.4, 0.5) is 11.6 Å². The van der Waals surface area contributed by atoms with E-state index in [4.69, 9.17) is 5.84 Å². The van der Waals surface area contributed by atoms with Gasteiger partial charge in [-0.3, -0.25) is 0 Å². The molecule has 1 aliphatic rings. The maximum absolute atomic E-state index is 5.42. The predicted molar refractivity (Wildman–Crippen MR) is 78.0 cm³/mol. The van der Waals surface area contributed by atoms with Gasteiger partial charge in [-0.2, -0.15) is 0 Å². The van der Waals surface area contributed by atoms with Crippen molar-refractivity contribution < 1.29 is 0 Å². The standard InChI is InChI=1S/C13H24N6/c1-10(8-19-6-4-3-5-7-19)17-12-11(2)13(18-14)16-9-15-12/h9-10H,3-8,14H2,1-2H3,(H2,15,16,17,18). The Morgan fingerprint density at radius 3 is 2.63 bits per heavy atom. The van der Waals surface area contributed by atoms with Gasteiger partial charge >= 0.3 is 0 Å². The summed E-state index contributed by atoms with van der Waals surface area (Å²) in [4.78, 5) is 10.9. The first-order valence-electron chi connectivity index (χ1n) is 6.98. The van der Waals surface area contributed by atoms with Gasteiger partial charge in [0.15, 0.2) is 0 Å². The number of hydrogen-bond donors (Lipinski definition) is 3. The van der Waals surface area contributed by atoms with Crippen molar-refractivity contribution in [2.45, 2.75) is 39.2 Å². The maximum atomic E-state index is 5.42. The van der Waals surface area contributed by atoms with Gasteiger partial charge in [0.1, 0.15) is 18.0 Å². The van der Waals surface area contributed by atoms with E-state index in [0.29, 0.717) is 11.9 Å². The highest BCUT2D eigenvalue weighted by Gasteiger charge is 2.14. The minimum Gasteiger partial charge on any atom is -0.366 e. The summed E-state index contributed by atoms with van der Waals surface area (Å²) in [6.45, 7) is 7.63. The molecule has 0 radical (unpaired) electrons. The van der Waals surface area contributed by atoms with Crippen LogP contribution in [0.25, 0.3) is 0 Å². The molecule has 1 aromatic rings.